The molecular weight excluding hydrogens is 188 g/mol. The highest BCUT2D eigenvalue weighted by Crippen LogP contribution is 2.19. The Kier molecular flexibility index (Phi) is 2.92. The number of rotatable bonds is 4. The summed E-state index contributed by atoms with van der Waals surface area (Å²) in [5, 5.41) is 4.58. The van der Waals surface area contributed by atoms with Gasteiger partial charge in [0, 0.05) is 43.5 Å². The van der Waals surface area contributed by atoms with Crippen LogP contribution in [0.1, 0.15) is 0 Å². The second-order valence-electron chi connectivity index (χ2n) is 3.62. The Morgan fingerprint density at radius 2 is 2.20 bits per heavy atom. The topological polar surface area (TPSA) is 26.2 Å². The number of hydrogen-bond acceptors (Lipinski definition) is 2. The molecule has 0 radical (unpaired) electrons. The van der Waals surface area contributed by atoms with Crippen LogP contribution in [0, 0.1) is 0 Å². The molecule has 0 aliphatic carbocycles. The lowest BCUT2D eigenvalue weighted by molar-refractivity contribution is 0.211. The molecule has 1 aromatic carbocycles. The SMILES string of the molecule is COCCNc1ccc2c(ccn2C)c1. The average molecular weight is 204 g/mol. The zero-order chi connectivity index (χ0) is 10.7. The summed E-state index contributed by atoms with van der Waals surface area (Å²) in [6.45, 7) is 1.57. The number of hydrogen-bond donors (Lipinski definition) is 1. The molecule has 80 valence electrons. The first-order valence-electron chi connectivity index (χ1n) is 5.09. The van der Waals surface area contributed by atoms with E-state index >= 15 is 0 Å². The van der Waals surface area contributed by atoms with Crippen molar-refractivity contribution in [3.8, 4) is 0 Å². The van der Waals surface area contributed by atoms with Crippen LogP contribution in [0.25, 0.3) is 10.9 Å². The van der Waals surface area contributed by atoms with Gasteiger partial charge in [0.15, 0.2) is 0 Å². The maximum atomic E-state index is 4.99. The van der Waals surface area contributed by atoms with Gasteiger partial charge in [-0.25, -0.2) is 0 Å². The van der Waals surface area contributed by atoms with Crippen LogP contribution >= 0.6 is 0 Å². The van der Waals surface area contributed by atoms with Crippen LogP contribution in [-0.4, -0.2) is 24.8 Å². The fraction of sp³-hybridized carbons (Fsp3) is 0.333. The van der Waals surface area contributed by atoms with Crippen molar-refractivity contribution in [3.63, 3.8) is 0 Å². The van der Waals surface area contributed by atoms with Crippen molar-refractivity contribution < 1.29 is 4.74 Å². The number of anilines is 1. The number of nitrogens with one attached hydrogen (secondary N) is 1. The molecule has 0 aliphatic rings. The molecule has 2 aromatic rings. The van der Waals surface area contributed by atoms with Crippen molar-refractivity contribution in [1.29, 1.82) is 0 Å². The molecule has 1 heterocycles. The molecule has 15 heavy (non-hydrogen) atoms. The summed E-state index contributed by atoms with van der Waals surface area (Å²) in [7, 11) is 3.77. The third kappa shape index (κ3) is 2.13. The highest BCUT2D eigenvalue weighted by molar-refractivity contribution is 5.83. The van der Waals surface area contributed by atoms with E-state index < -0.39 is 0 Å². The Morgan fingerprint density at radius 1 is 1.33 bits per heavy atom. The number of methoxy groups -OCH3 is 1. The molecule has 1 aromatic heterocycles. The van der Waals surface area contributed by atoms with Crippen LogP contribution in [0.3, 0.4) is 0 Å². The quantitative estimate of drug-likeness (QED) is 0.773. The summed E-state index contributed by atoms with van der Waals surface area (Å²) in [5.74, 6) is 0. The van der Waals surface area contributed by atoms with E-state index in [1.807, 2.05) is 0 Å². The molecule has 3 heteroatoms. The number of nitrogens with zero attached hydrogens (tertiary/aromatic N) is 1. The molecule has 0 fully saturated rings. The van der Waals surface area contributed by atoms with Crippen molar-refractivity contribution in [1.82, 2.24) is 4.57 Å². The van der Waals surface area contributed by atoms with Crippen LogP contribution < -0.4 is 5.32 Å². The first-order chi connectivity index (χ1) is 7.31. The van der Waals surface area contributed by atoms with E-state index in [0.717, 1.165) is 18.8 Å². The van der Waals surface area contributed by atoms with Crippen molar-refractivity contribution in [2.75, 3.05) is 25.6 Å². The highest BCUT2D eigenvalue weighted by Gasteiger charge is 1.98. The average Bonchev–Trinajstić information content (AvgIpc) is 2.61. The van der Waals surface area contributed by atoms with Crippen molar-refractivity contribution in [2.45, 2.75) is 0 Å². The van der Waals surface area contributed by atoms with E-state index in [2.05, 4.69) is 47.4 Å². The third-order valence-corrected chi connectivity index (χ3v) is 2.52. The number of ether oxygens (including phenoxy) is 1. The zero-order valence-electron chi connectivity index (χ0n) is 9.16. The maximum Gasteiger partial charge on any atom is 0.0635 e. The second kappa shape index (κ2) is 4.36. The van der Waals surface area contributed by atoms with Gasteiger partial charge in [0.2, 0.25) is 0 Å². The summed E-state index contributed by atoms with van der Waals surface area (Å²) in [6.07, 6.45) is 2.07. The van der Waals surface area contributed by atoms with Crippen LogP contribution in [0.4, 0.5) is 5.69 Å². The number of fused-ring (bicyclic) bond motifs is 1. The summed E-state index contributed by atoms with van der Waals surface area (Å²) in [6, 6.07) is 8.50. The largest absolute Gasteiger partial charge is 0.383 e. The molecule has 0 unspecified atom stereocenters. The molecule has 0 amide bonds. The summed E-state index contributed by atoms with van der Waals surface area (Å²) in [5.41, 5.74) is 2.40. The molecular formula is C12H16N2O. The number of aromatic nitrogens is 1. The Labute approximate surface area is 89.7 Å². The van der Waals surface area contributed by atoms with Gasteiger partial charge in [-0.1, -0.05) is 0 Å². The van der Waals surface area contributed by atoms with E-state index in [9.17, 15) is 0 Å². The monoisotopic (exact) mass is 204 g/mol. The van der Waals surface area contributed by atoms with E-state index in [1.54, 1.807) is 7.11 Å². The molecule has 0 aliphatic heterocycles. The molecule has 2 rings (SSSR count). The summed E-state index contributed by atoms with van der Waals surface area (Å²) < 4.78 is 7.11. The highest BCUT2D eigenvalue weighted by atomic mass is 16.5. The normalized spacial score (nSPS) is 10.8. The molecule has 0 spiro atoms. The lowest BCUT2D eigenvalue weighted by Gasteiger charge is -2.05. The zero-order valence-corrected chi connectivity index (χ0v) is 9.16. The smallest absolute Gasteiger partial charge is 0.0635 e. The van der Waals surface area contributed by atoms with Crippen LogP contribution in [0.5, 0.6) is 0 Å². The van der Waals surface area contributed by atoms with Crippen LogP contribution in [0.2, 0.25) is 0 Å². The molecule has 0 saturated heterocycles. The minimum atomic E-state index is 0.729. The molecule has 0 bridgehead atoms. The minimum Gasteiger partial charge on any atom is -0.383 e. The Balaban J connectivity index is 2.16. The molecule has 0 atom stereocenters. The Hall–Kier alpha value is -1.48. The van der Waals surface area contributed by atoms with E-state index in [-0.39, 0.29) is 0 Å². The van der Waals surface area contributed by atoms with Crippen molar-refractivity contribution in [3.05, 3.63) is 30.5 Å². The van der Waals surface area contributed by atoms with Crippen molar-refractivity contribution in [2.24, 2.45) is 7.05 Å². The predicted molar refractivity (Wildman–Crippen MR) is 63.3 cm³/mol. The van der Waals surface area contributed by atoms with Gasteiger partial charge in [0.1, 0.15) is 0 Å². The minimum absolute atomic E-state index is 0.729. The fourth-order valence-corrected chi connectivity index (χ4v) is 1.69. The van der Waals surface area contributed by atoms with Gasteiger partial charge in [0.25, 0.3) is 0 Å². The van der Waals surface area contributed by atoms with E-state index in [0.29, 0.717) is 0 Å². The number of aryl methyl sites for hydroxylation is 1. The second-order valence-corrected chi connectivity index (χ2v) is 3.62. The first kappa shape index (κ1) is 10.1. The van der Waals surface area contributed by atoms with Gasteiger partial charge in [-0.2, -0.15) is 0 Å². The van der Waals surface area contributed by atoms with E-state index in [1.165, 1.54) is 10.9 Å². The van der Waals surface area contributed by atoms with E-state index in [4.69, 9.17) is 4.74 Å². The summed E-state index contributed by atoms with van der Waals surface area (Å²) >= 11 is 0. The van der Waals surface area contributed by atoms with Gasteiger partial charge in [-0.15, -0.1) is 0 Å². The molecule has 3 nitrogen and oxygen atoms in total. The van der Waals surface area contributed by atoms with Gasteiger partial charge in [-0.3, -0.25) is 0 Å². The van der Waals surface area contributed by atoms with Crippen LogP contribution in [-0.2, 0) is 11.8 Å². The van der Waals surface area contributed by atoms with Gasteiger partial charge in [-0.05, 0) is 24.3 Å². The maximum absolute atomic E-state index is 4.99. The van der Waals surface area contributed by atoms with Gasteiger partial charge in [0.05, 0.1) is 6.61 Å². The predicted octanol–water partition coefficient (Wildman–Crippen LogP) is 2.24. The molecule has 1 N–H and O–H groups in total. The van der Waals surface area contributed by atoms with Gasteiger partial charge < -0.3 is 14.6 Å². The molecule has 0 saturated carbocycles. The summed E-state index contributed by atoms with van der Waals surface area (Å²) in [4.78, 5) is 0. The standard InChI is InChI=1S/C12H16N2O/c1-14-7-5-10-9-11(3-4-12(10)14)13-6-8-15-2/h3-5,7,9,13H,6,8H2,1-2H3. The third-order valence-electron chi connectivity index (χ3n) is 2.52. The number of benzene rings is 1. The first-order valence-corrected chi connectivity index (χ1v) is 5.09. The Bertz CT molecular complexity index is 448. The lowest BCUT2D eigenvalue weighted by Crippen LogP contribution is -2.07. The fourth-order valence-electron chi connectivity index (χ4n) is 1.69. The van der Waals surface area contributed by atoms with Crippen LogP contribution in [0.15, 0.2) is 30.5 Å². The van der Waals surface area contributed by atoms with Gasteiger partial charge >= 0.3 is 0 Å². The lowest BCUT2D eigenvalue weighted by atomic mass is 10.2. The van der Waals surface area contributed by atoms with Crippen molar-refractivity contribution >= 4 is 16.6 Å². The Morgan fingerprint density at radius 3 is 3.00 bits per heavy atom.